The first-order valence-electron chi connectivity index (χ1n) is 10.3. The van der Waals surface area contributed by atoms with E-state index in [1.807, 2.05) is 35.7 Å². The van der Waals surface area contributed by atoms with Gasteiger partial charge in [-0.1, -0.05) is 6.07 Å². The maximum atomic E-state index is 12.7. The highest BCUT2D eigenvalue weighted by Gasteiger charge is 2.22. The van der Waals surface area contributed by atoms with E-state index in [1.165, 1.54) is 9.75 Å². The van der Waals surface area contributed by atoms with Crippen LogP contribution in [-0.4, -0.2) is 35.6 Å². The van der Waals surface area contributed by atoms with Crippen LogP contribution in [0.25, 0.3) is 21.1 Å². The molecule has 0 amide bonds. The lowest BCUT2D eigenvalue weighted by Gasteiger charge is -2.27. The average molecular weight is 466 g/mol. The molecule has 5 rings (SSSR count). The normalized spacial score (nSPS) is 13.7. The molecule has 0 atom stereocenters. The Hall–Kier alpha value is -2.94. The second kappa shape index (κ2) is 8.90. The van der Waals surface area contributed by atoms with Gasteiger partial charge in [0.25, 0.3) is 5.56 Å². The van der Waals surface area contributed by atoms with Gasteiger partial charge < -0.3 is 14.5 Å². The number of nitrogens with zero attached hydrogens (tertiary/aromatic N) is 2. The smallest absolute Gasteiger partial charge is 0.255 e. The molecular formula is C24H23N3O3S2. The molecule has 6 nitrogen and oxygen atoms in total. The molecule has 0 unspecified atom stereocenters. The van der Waals surface area contributed by atoms with Crippen molar-refractivity contribution in [2.45, 2.75) is 19.5 Å². The van der Waals surface area contributed by atoms with Crippen molar-refractivity contribution in [3.05, 3.63) is 74.3 Å². The van der Waals surface area contributed by atoms with Gasteiger partial charge in [0.05, 0.1) is 30.4 Å². The fourth-order valence-corrected chi connectivity index (χ4v) is 5.69. The van der Waals surface area contributed by atoms with Crippen LogP contribution < -0.4 is 15.0 Å². The molecule has 3 aromatic heterocycles. The fourth-order valence-electron chi connectivity index (χ4n) is 3.97. The molecule has 32 heavy (non-hydrogen) atoms. The van der Waals surface area contributed by atoms with E-state index in [0.717, 1.165) is 52.7 Å². The Morgan fingerprint density at radius 2 is 1.97 bits per heavy atom. The van der Waals surface area contributed by atoms with E-state index in [4.69, 9.17) is 14.5 Å². The van der Waals surface area contributed by atoms with Crippen molar-refractivity contribution in [1.29, 1.82) is 0 Å². The Kier molecular flexibility index (Phi) is 5.82. The van der Waals surface area contributed by atoms with E-state index >= 15 is 0 Å². The molecule has 4 heterocycles. The third kappa shape index (κ3) is 4.09. The number of H-pyrrole nitrogens is 1. The number of benzene rings is 1. The Morgan fingerprint density at radius 3 is 2.75 bits per heavy atom. The minimum atomic E-state index is -0.0275. The summed E-state index contributed by atoms with van der Waals surface area (Å²) in [5, 5.41) is 1.99. The molecule has 1 aliphatic rings. The summed E-state index contributed by atoms with van der Waals surface area (Å²) < 4.78 is 10.8. The lowest BCUT2D eigenvalue weighted by Crippen LogP contribution is -2.35. The lowest BCUT2D eigenvalue weighted by molar-refractivity contribution is 0.244. The first-order valence-corrected chi connectivity index (χ1v) is 12.0. The van der Waals surface area contributed by atoms with E-state index in [0.29, 0.717) is 12.4 Å². The van der Waals surface area contributed by atoms with Crippen molar-refractivity contribution >= 4 is 22.7 Å². The summed E-state index contributed by atoms with van der Waals surface area (Å²) in [6, 6.07) is 14.2. The zero-order valence-corrected chi connectivity index (χ0v) is 19.5. The molecule has 8 heteroatoms. The van der Waals surface area contributed by atoms with Gasteiger partial charge in [-0.15, -0.1) is 22.7 Å². The van der Waals surface area contributed by atoms with Gasteiger partial charge in [-0.05, 0) is 47.3 Å². The highest BCUT2D eigenvalue weighted by atomic mass is 32.1. The lowest BCUT2D eigenvalue weighted by atomic mass is 10.1. The van der Waals surface area contributed by atoms with Crippen molar-refractivity contribution in [3.63, 3.8) is 0 Å². The van der Waals surface area contributed by atoms with Crippen LogP contribution in [0.3, 0.4) is 0 Å². The van der Waals surface area contributed by atoms with E-state index in [9.17, 15) is 4.79 Å². The summed E-state index contributed by atoms with van der Waals surface area (Å²) in [7, 11) is 3.29. The molecule has 4 aromatic rings. The molecule has 164 valence electrons. The van der Waals surface area contributed by atoms with Crippen molar-refractivity contribution in [2.75, 3.05) is 20.8 Å². The van der Waals surface area contributed by atoms with Crippen LogP contribution in [0.1, 0.15) is 16.1 Å². The van der Waals surface area contributed by atoms with E-state index in [1.54, 1.807) is 36.9 Å². The number of aromatic amines is 1. The van der Waals surface area contributed by atoms with Gasteiger partial charge in [-0.2, -0.15) is 0 Å². The minimum absolute atomic E-state index is 0.0275. The summed E-state index contributed by atoms with van der Waals surface area (Å²) in [6.45, 7) is 2.31. The molecule has 1 aliphatic heterocycles. The number of rotatable bonds is 6. The molecular weight excluding hydrogens is 442 g/mol. The maximum absolute atomic E-state index is 12.7. The maximum Gasteiger partial charge on any atom is 0.255 e. The summed E-state index contributed by atoms with van der Waals surface area (Å²) in [4.78, 5) is 26.2. The van der Waals surface area contributed by atoms with E-state index < -0.39 is 0 Å². The molecule has 0 spiro atoms. The van der Waals surface area contributed by atoms with Crippen LogP contribution in [0, 0.1) is 0 Å². The molecule has 0 aliphatic carbocycles. The second-order valence-electron chi connectivity index (χ2n) is 7.61. The van der Waals surface area contributed by atoms with Gasteiger partial charge in [0, 0.05) is 35.8 Å². The van der Waals surface area contributed by atoms with Crippen molar-refractivity contribution in [1.82, 2.24) is 14.9 Å². The number of nitrogens with one attached hydrogen (secondary N) is 1. The average Bonchev–Trinajstić information content (AvgIpc) is 3.51. The Balaban J connectivity index is 1.32. The molecule has 0 saturated heterocycles. The predicted octanol–water partition coefficient (Wildman–Crippen LogP) is 4.80. The first kappa shape index (κ1) is 20.9. The van der Waals surface area contributed by atoms with Gasteiger partial charge >= 0.3 is 0 Å². The van der Waals surface area contributed by atoms with Crippen molar-refractivity contribution in [3.8, 4) is 32.6 Å². The zero-order valence-electron chi connectivity index (χ0n) is 17.9. The van der Waals surface area contributed by atoms with E-state index in [2.05, 4.69) is 22.0 Å². The second-order valence-corrected chi connectivity index (χ2v) is 9.73. The summed E-state index contributed by atoms with van der Waals surface area (Å²) >= 11 is 3.35. The monoisotopic (exact) mass is 465 g/mol. The van der Waals surface area contributed by atoms with Gasteiger partial charge in [0.15, 0.2) is 17.3 Å². The van der Waals surface area contributed by atoms with Crippen LogP contribution >= 0.6 is 22.7 Å². The largest absolute Gasteiger partial charge is 0.493 e. The van der Waals surface area contributed by atoms with Crippen LogP contribution in [-0.2, 0) is 19.5 Å². The first-order chi connectivity index (χ1) is 15.6. The summed E-state index contributed by atoms with van der Waals surface area (Å²) in [5.41, 5.74) is 2.78. The predicted molar refractivity (Wildman–Crippen MR) is 129 cm³/mol. The van der Waals surface area contributed by atoms with Gasteiger partial charge in [0.2, 0.25) is 0 Å². The van der Waals surface area contributed by atoms with Gasteiger partial charge in [-0.25, -0.2) is 4.98 Å². The van der Waals surface area contributed by atoms with Gasteiger partial charge in [0.1, 0.15) is 0 Å². The minimum Gasteiger partial charge on any atom is -0.493 e. The summed E-state index contributed by atoms with van der Waals surface area (Å²) in [5.74, 6) is 2.12. The van der Waals surface area contributed by atoms with Crippen molar-refractivity contribution < 1.29 is 9.47 Å². The number of hydrogen-bond acceptors (Lipinski definition) is 7. The third-order valence-corrected chi connectivity index (χ3v) is 7.61. The zero-order chi connectivity index (χ0) is 22.1. The molecule has 1 N–H and O–H groups in total. The number of ether oxygens (including phenoxy) is 2. The Morgan fingerprint density at radius 1 is 1.09 bits per heavy atom. The van der Waals surface area contributed by atoms with Crippen molar-refractivity contribution in [2.24, 2.45) is 0 Å². The number of hydrogen-bond donors (Lipinski definition) is 1. The molecule has 0 radical (unpaired) electrons. The van der Waals surface area contributed by atoms with Crippen LogP contribution in [0.4, 0.5) is 0 Å². The molecule has 0 saturated carbocycles. The molecule has 0 fully saturated rings. The number of aromatic nitrogens is 2. The number of fused-ring (bicyclic) bond motifs is 1. The summed E-state index contributed by atoms with van der Waals surface area (Å²) in [6.07, 6.45) is 0.783. The topological polar surface area (TPSA) is 67.5 Å². The van der Waals surface area contributed by atoms with Crippen LogP contribution in [0.2, 0.25) is 0 Å². The number of thiophene rings is 2. The highest BCUT2D eigenvalue weighted by molar-refractivity contribution is 7.15. The molecule has 1 aromatic carbocycles. The fraction of sp³-hybridized carbons (Fsp3) is 0.250. The quantitative estimate of drug-likeness (QED) is 0.443. The third-order valence-electron chi connectivity index (χ3n) is 5.61. The standard InChI is InChI=1S/C24H23N3O3S2/c1-29-19-7-5-15(12-20(19)30-2)21-8-6-16(32-21)13-27-10-9-18-17(14-27)24(28)26-23(25-18)22-4-3-11-31-22/h3-8,11-12H,9-10,13-14H2,1-2H3,(H,25,26,28). The van der Waals surface area contributed by atoms with Gasteiger partial charge in [-0.3, -0.25) is 9.69 Å². The number of methoxy groups -OCH3 is 2. The molecule has 0 bridgehead atoms. The Labute approximate surface area is 194 Å². The SMILES string of the molecule is COc1ccc(-c2ccc(CN3CCc4nc(-c5cccs5)[nH]c(=O)c4C3)s2)cc1OC. The highest BCUT2D eigenvalue weighted by Crippen LogP contribution is 2.36. The van der Waals surface area contributed by atoms with E-state index in [-0.39, 0.29) is 5.56 Å². The Bertz CT molecular complexity index is 1290. The van der Waals surface area contributed by atoms with Crippen LogP contribution in [0.15, 0.2) is 52.6 Å². The van der Waals surface area contributed by atoms with Crippen LogP contribution in [0.5, 0.6) is 11.5 Å².